The molecule has 1 amide bonds. The molecule has 3 heterocycles. The number of carboxylic acids is 1. The molecule has 0 fully saturated rings. The number of aromatic nitrogens is 3. The van der Waals surface area contributed by atoms with Gasteiger partial charge in [-0.3, -0.25) is 18.7 Å². The number of nitrogens with zero attached hydrogens (tertiary/aromatic N) is 3. The lowest BCUT2D eigenvalue weighted by Gasteiger charge is -2.08. The van der Waals surface area contributed by atoms with E-state index in [1.54, 1.807) is 0 Å². The number of furan rings is 1. The number of aromatic carboxylic acids is 1. The van der Waals surface area contributed by atoms with Gasteiger partial charge < -0.3 is 20.0 Å². The number of benzene rings is 1. The molecule has 0 bridgehead atoms. The fraction of sp³-hybridized carbons (Fsp3) is 0.136. The van der Waals surface area contributed by atoms with Crippen molar-refractivity contribution in [3.05, 3.63) is 92.0 Å². The number of primary amides is 1. The monoisotopic (exact) mass is 488 g/mol. The van der Waals surface area contributed by atoms with Crippen LogP contribution in [0.4, 0.5) is 8.78 Å². The highest BCUT2D eigenvalue weighted by molar-refractivity contribution is 5.92. The molecule has 1 aromatic carbocycles. The van der Waals surface area contributed by atoms with Gasteiger partial charge in [0.2, 0.25) is 23.3 Å². The molecule has 0 atom stereocenters. The number of aryl methyl sites for hydroxylation is 1. The van der Waals surface area contributed by atoms with E-state index in [9.17, 15) is 28.0 Å². The SMILES string of the molecule is COc1cc(C(N)=O)ccn1.Cn1c(=O)n(Cc2ccc(F)c(F)c2)c(=O)c2cc(C(=O)O)oc21. The number of ether oxygens (including phenoxy) is 1. The molecule has 0 aliphatic heterocycles. The molecule has 0 saturated carbocycles. The van der Waals surface area contributed by atoms with Gasteiger partial charge >= 0.3 is 11.7 Å². The smallest absolute Gasteiger partial charge is 0.371 e. The Labute approximate surface area is 194 Å². The average molecular weight is 488 g/mol. The van der Waals surface area contributed by atoms with E-state index < -0.39 is 40.5 Å². The first-order chi connectivity index (χ1) is 16.5. The van der Waals surface area contributed by atoms with E-state index >= 15 is 0 Å². The van der Waals surface area contributed by atoms with Gasteiger partial charge in [-0.25, -0.2) is 23.4 Å². The molecular formula is C22H18F2N4O7. The number of carboxylic acid groups (broad SMARTS) is 1. The van der Waals surface area contributed by atoms with Crippen LogP contribution in [0, 0.1) is 11.6 Å². The second-order valence-corrected chi connectivity index (χ2v) is 7.07. The summed E-state index contributed by atoms with van der Waals surface area (Å²) in [5, 5.41) is 8.83. The quantitative estimate of drug-likeness (QED) is 0.428. The number of carbonyl (C=O) groups excluding carboxylic acids is 1. The molecule has 35 heavy (non-hydrogen) atoms. The van der Waals surface area contributed by atoms with Crippen LogP contribution in [-0.4, -0.2) is 38.2 Å². The van der Waals surface area contributed by atoms with Crippen LogP contribution in [0.3, 0.4) is 0 Å². The Kier molecular flexibility index (Phi) is 7.08. The largest absolute Gasteiger partial charge is 0.481 e. The van der Waals surface area contributed by atoms with Crippen LogP contribution in [0.5, 0.6) is 5.88 Å². The van der Waals surface area contributed by atoms with E-state index in [-0.39, 0.29) is 23.2 Å². The van der Waals surface area contributed by atoms with E-state index in [4.69, 9.17) is 20.0 Å². The van der Waals surface area contributed by atoms with Crippen LogP contribution in [0.25, 0.3) is 11.1 Å². The Morgan fingerprint density at radius 1 is 1.14 bits per heavy atom. The second-order valence-electron chi connectivity index (χ2n) is 7.07. The standard InChI is InChI=1S/C15H10F2N2O5.C7H8N2O2/c1-18-13-8(5-11(24-13)14(21)22)12(20)19(15(18)23)6-7-2-3-9(16)10(17)4-7;1-11-6-4-5(7(8)10)2-3-9-6/h2-5H,6H2,1H3,(H,21,22);2-4H,1H3,(H2,8,10). The van der Waals surface area contributed by atoms with Crippen molar-refractivity contribution in [1.29, 1.82) is 0 Å². The summed E-state index contributed by atoms with van der Waals surface area (Å²) in [5.41, 5.74) is 3.88. The number of hydrogen-bond acceptors (Lipinski definition) is 7. The first kappa shape index (κ1) is 24.8. The van der Waals surface area contributed by atoms with Crippen molar-refractivity contribution < 1.29 is 32.6 Å². The third kappa shape index (κ3) is 5.24. The summed E-state index contributed by atoms with van der Waals surface area (Å²) < 4.78 is 37.8. The van der Waals surface area contributed by atoms with Gasteiger partial charge in [-0.2, -0.15) is 0 Å². The average Bonchev–Trinajstić information content (AvgIpc) is 3.29. The van der Waals surface area contributed by atoms with Crippen molar-refractivity contribution in [3.63, 3.8) is 0 Å². The van der Waals surface area contributed by atoms with Crippen molar-refractivity contribution in [2.24, 2.45) is 12.8 Å². The predicted octanol–water partition coefficient (Wildman–Crippen LogP) is 1.51. The van der Waals surface area contributed by atoms with Gasteiger partial charge in [0.05, 0.1) is 13.7 Å². The molecule has 182 valence electrons. The van der Waals surface area contributed by atoms with Crippen LogP contribution >= 0.6 is 0 Å². The number of halogens is 2. The van der Waals surface area contributed by atoms with Crippen LogP contribution in [0.2, 0.25) is 0 Å². The molecule has 13 heteroatoms. The van der Waals surface area contributed by atoms with E-state index in [1.807, 2.05) is 0 Å². The molecular weight excluding hydrogens is 470 g/mol. The second kappa shape index (κ2) is 9.99. The molecule has 4 rings (SSSR count). The van der Waals surface area contributed by atoms with Gasteiger partial charge in [-0.1, -0.05) is 6.07 Å². The molecule has 0 spiro atoms. The minimum absolute atomic E-state index is 0.0999. The number of rotatable bonds is 5. The molecule has 0 aliphatic carbocycles. The zero-order valence-corrected chi connectivity index (χ0v) is 18.3. The molecule has 0 aliphatic rings. The fourth-order valence-corrected chi connectivity index (χ4v) is 3.02. The maximum atomic E-state index is 13.3. The maximum absolute atomic E-state index is 13.3. The van der Waals surface area contributed by atoms with Gasteiger partial charge in [0, 0.05) is 30.9 Å². The molecule has 3 aromatic heterocycles. The van der Waals surface area contributed by atoms with Crippen molar-refractivity contribution in [1.82, 2.24) is 14.1 Å². The number of carbonyl (C=O) groups is 2. The summed E-state index contributed by atoms with van der Waals surface area (Å²) in [6, 6.07) is 7.05. The highest BCUT2D eigenvalue weighted by Crippen LogP contribution is 2.15. The predicted molar refractivity (Wildman–Crippen MR) is 117 cm³/mol. The van der Waals surface area contributed by atoms with Crippen molar-refractivity contribution in [3.8, 4) is 5.88 Å². The summed E-state index contributed by atoms with van der Waals surface area (Å²) in [7, 11) is 2.79. The number of hydrogen-bond donors (Lipinski definition) is 2. The van der Waals surface area contributed by atoms with Crippen molar-refractivity contribution >= 4 is 23.0 Å². The first-order valence-corrected chi connectivity index (χ1v) is 9.74. The Morgan fingerprint density at radius 2 is 1.86 bits per heavy atom. The molecule has 0 radical (unpaired) electrons. The summed E-state index contributed by atoms with van der Waals surface area (Å²) in [4.78, 5) is 50.1. The third-order valence-electron chi connectivity index (χ3n) is 4.77. The van der Waals surface area contributed by atoms with Crippen LogP contribution < -0.4 is 21.7 Å². The van der Waals surface area contributed by atoms with Crippen molar-refractivity contribution in [2.45, 2.75) is 6.54 Å². The highest BCUT2D eigenvalue weighted by atomic mass is 19.2. The van der Waals surface area contributed by atoms with E-state index in [2.05, 4.69) is 4.98 Å². The zero-order chi connectivity index (χ0) is 25.9. The van der Waals surface area contributed by atoms with Gasteiger partial charge in [0.1, 0.15) is 5.39 Å². The topological polar surface area (TPSA) is 160 Å². The number of methoxy groups -OCH3 is 1. The van der Waals surface area contributed by atoms with Crippen molar-refractivity contribution in [2.75, 3.05) is 7.11 Å². The summed E-state index contributed by atoms with van der Waals surface area (Å²) in [6.45, 7) is -0.299. The Hall–Kier alpha value is -4.81. The third-order valence-corrected chi connectivity index (χ3v) is 4.77. The minimum Gasteiger partial charge on any atom is -0.481 e. The van der Waals surface area contributed by atoms with E-state index in [0.717, 1.165) is 27.3 Å². The Morgan fingerprint density at radius 3 is 2.46 bits per heavy atom. The van der Waals surface area contributed by atoms with Crippen LogP contribution in [0.15, 0.2) is 56.6 Å². The summed E-state index contributed by atoms with van der Waals surface area (Å²) >= 11 is 0. The van der Waals surface area contributed by atoms with E-state index in [1.165, 1.54) is 38.6 Å². The van der Waals surface area contributed by atoms with Gasteiger partial charge in [0.25, 0.3) is 5.56 Å². The molecule has 0 unspecified atom stereocenters. The van der Waals surface area contributed by atoms with Gasteiger partial charge in [-0.05, 0) is 23.8 Å². The molecule has 11 nitrogen and oxygen atoms in total. The minimum atomic E-state index is -1.38. The molecule has 4 aromatic rings. The lowest BCUT2D eigenvalue weighted by Crippen LogP contribution is -2.39. The number of amides is 1. The lowest BCUT2D eigenvalue weighted by atomic mass is 10.2. The molecule has 0 saturated heterocycles. The lowest BCUT2D eigenvalue weighted by molar-refractivity contribution is 0.0664. The Bertz CT molecular complexity index is 1560. The Balaban J connectivity index is 0.000000261. The zero-order valence-electron chi connectivity index (χ0n) is 18.3. The maximum Gasteiger partial charge on any atom is 0.371 e. The van der Waals surface area contributed by atoms with Gasteiger partial charge in [0.15, 0.2) is 11.6 Å². The number of fused-ring (bicyclic) bond motifs is 1. The normalized spacial score (nSPS) is 10.5. The first-order valence-electron chi connectivity index (χ1n) is 9.74. The molecule has 3 N–H and O–H groups in total. The number of nitrogens with two attached hydrogens (primary N) is 1. The van der Waals surface area contributed by atoms with Crippen LogP contribution in [-0.2, 0) is 13.6 Å². The van der Waals surface area contributed by atoms with Crippen LogP contribution in [0.1, 0.15) is 26.5 Å². The highest BCUT2D eigenvalue weighted by Gasteiger charge is 2.19. The fourth-order valence-electron chi connectivity index (χ4n) is 3.02. The number of pyridine rings is 1. The summed E-state index contributed by atoms with van der Waals surface area (Å²) in [5.74, 6) is -4.11. The van der Waals surface area contributed by atoms with Gasteiger partial charge in [-0.15, -0.1) is 0 Å². The van der Waals surface area contributed by atoms with E-state index in [0.29, 0.717) is 11.4 Å². The summed E-state index contributed by atoms with van der Waals surface area (Å²) in [6.07, 6.45) is 1.47.